The summed E-state index contributed by atoms with van der Waals surface area (Å²) in [6, 6.07) is 7.95. The Hall–Kier alpha value is -1.88. The first kappa shape index (κ1) is 18.9. The lowest BCUT2D eigenvalue weighted by molar-refractivity contribution is -0.129. The van der Waals surface area contributed by atoms with E-state index in [-0.39, 0.29) is 23.8 Å². The van der Waals surface area contributed by atoms with Gasteiger partial charge in [0, 0.05) is 19.5 Å². The largest absolute Gasteiger partial charge is 0.356 e. The van der Waals surface area contributed by atoms with Crippen molar-refractivity contribution in [2.24, 2.45) is 5.92 Å². The van der Waals surface area contributed by atoms with Crippen molar-refractivity contribution in [1.29, 1.82) is 0 Å². The average molecular weight is 357 g/mol. The Bertz CT molecular complexity index is 640. The second-order valence-corrected chi connectivity index (χ2v) is 7.49. The molecular weight excluding hydrogens is 326 g/mol. The molecule has 1 aromatic carbocycles. The minimum Gasteiger partial charge on any atom is -0.356 e. The molecule has 0 unspecified atom stereocenters. The molecule has 0 aliphatic carbocycles. The first-order valence-corrected chi connectivity index (χ1v) is 9.97. The first-order valence-electron chi connectivity index (χ1n) is 9.97. The zero-order valence-electron chi connectivity index (χ0n) is 16.0. The number of amides is 2. The molecule has 1 aromatic rings. The third-order valence-electron chi connectivity index (χ3n) is 5.77. The van der Waals surface area contributed by atoms with Gasteiger partial charge in [-0.05, 0) is 63.9 Å². The number of benzene rings is 1. The van der Waals surface area contributed by atoms with Gasteiger partial charge in [-0.1, -0.05) is 24.3 Å². The molecule has 0 bridgehead atoms. The van der Waals surface area contributed by atoms with Crippen molar-refractivity contribution in [2.75, 3.05) is 32.7 Å². The summed E-state index contributed by atoms with van der Waals surface area (Å²) in [5.74, 6) is -0.197. The van der Waals surface area contributed by atoms with Crippen LogP contribution in [0.15, 0.2) is 24.3 Å². The molecular formula is C21H31N3O2. The summed E-state index contributed by atoms with van der Waals surface area (Å²) >= 11 is 0. The van der Waals surface area contributed by atoms with Crippen LogP contribution in [0.1, 0.15) is 49.8 Å². The lowest BCUT2D eigenvalue weighted by Crippen LogP contribution is -2.37. The topological polar surface area (TPSA) is 52.7 Å². The fourth-order valence-corrected chi connectivity index (χ4v) is 4.35. The van der Waals surface area contributed by atoms with Crippen molar-refractivity contribution in [2.45, 2.75) is 45.6 Å². The zero-order chi connectivity index (χ0) is 18.5. The van der Waals surface area contributed by atoms with E-state index in [1.165, 1.54) is 25.9 Å². The minimum atomic E-state index is -0.296. The Morgan fingerprint density at radius 1 is 1.23 bits per heavy atom. The van der Waals surface area contributed by atoms with E-state index in [0.29, 0.717) is 19.5 Å². The van der Waals surface area contributed by atoms with Crippen molar-refractivity contribution in [1.82, 2.24) is 15.1 Å². The number of carbonyl (C=O) groups is 2. The van der Waals surface area contributed by atoms with Crippen LogP contribution in [0.25, 0.3) is 0 Å². The smallest absolute Gasteiger partial charge is 0.226 e. The molecule has 2 saturated heterocycles. The van der Waals surface area contributed by atoms with Crippen molar-refractivity contribution in [3.05, 3.63) is 35.4 Å². The predicted octanol–water partition coefficient (Wildman–Crippen LogP) is 2.51. The van der Waals surface area contributed by atoms with E-state index in [0.717, 1.165) is 24.1 Å². The number of rotatable bonds is 7. The van der Waals surface area contributed by atoms with Crippen molar-refractivity contribution < 1.29 is 9.59 Å². The highest BCUT2D eigenvalue weighted by atomic mass is 16.2. The average Bonchev–Trinajstić information content (AvgIpc) is 3.26. The number of aryl methyl sites for hydroxylation is 1. The van der Waals surface area contributed by atoms with Crippen LogP contribution in [0.4, 0.5) is 0 Å². The van der Waals surface area contributed by atoms with Crippen LogP contribution in [-0.2, 0) is 9.59 Å². The molecule has 2 amide bonds. The van der Waals surface area contributed by atoms with Gasteiger partial charge in [0.1, 0.15) is 0 Å². The minimum absolute atomic E-state index is 0.0176. The quantitative estimate of drug-likeness (QED) is 0.763. The maximum Gasteiger partial charge on any atom is 0.226 e. The van der Waals surface area contributed by atoms with Gasteiger partial charge in [0.2, 0.25) is 11.8 Å². The van der Waals surface area contributed by atoms with Gasteiger partial charge in [-0.25, -0.2) is 0 Å². The van der Waals surface area contributed by atoms with Crippen LogP contribution >= 0.6 is 0 Å². The Balaban J connectivity index is 1.63. The first-order chi connectivity index (χ1) is 12.6. The molecule has 0 saturated carbocycles. The molecule has 142 valence electrons. The maximum absolute atomic E-state index is 12.8. The van der Waals surface area contributed by atoms with Gasteiger partial charge >= 0.3 is 0 Å². The second kappa shape index (κ2) is 8.67. The summed E-state index contributed by atoms with van der Waals surface area (Å²) in [7, 11) is 0. The number of hydrogen-bond donors (Lipinski definition) is 1. The number of hydrogen-bond acceptors (Lipinski definition) is 3. The number of carbonyl (C=O) groups excluding carboxylic acids is 2. The SMILES string of the molecule is CCN1C(=O)C[C@@H](C(=O)NCCCN2CCCC2)[C@@H]1c1ccccc1C. The highest BCUT2D eigenvalue weighted by molar-refractivity contribution is 5.90. The molecule has 2 atom stereocenters. The van der Waals surface area contributed by atoms with Gasteiger partial charge in [-0.3, -0.25) is 9.59 Å². The number of nitrogens with zero attached hydrogens (tertiary/aromatic N) is 2. The monoisotopic (exact) mass is 357 g/mol. The van der Waals surface area contributed by atoms with Crippen LogP contribution in [-0.4, -0.2) is 54.3 Å². The lowest BCUT2D eigenvalue weighted by Gasteiger charge is -2.28. The molecule has 5 nitrogen and oxygen atoms in total. The molecule has 1 N–H and O–H groups in total. The van der Waals surface area contributed by atoms with Gasteiger partial charge < -0.3 is 15.1 Å². The van der Waals surface area contributed by atoms with Gasteiger partial charge in [0.25, 0.3) is 0 Å². The molecule has 0 spiro atoms. The lowest BCUT2D eigenvalue weighted by atomic mass is 9.90. The third-order valence-corrected chi connectivity index (χ3v) is 5.77. The standard InChI is InChI=1S/C21H31N3O2/c1-3-24-19(25)15-18(20(24)17-10-5-4-9-16(17)2)21(26)22-11-8-14-23-12-6-7-13-23/h4-5,9-10,18,20H,3,6-8,11-15H2,1-2H3,(H,22,26)/t18-,20+/m1/s1. The molecule has 2 fully saturated rings. The van der Waals surface area contributed by atoms with E-state index in [9.17, 15) is 9.59 Å². The van der Waals surface area contributed by atoms with Crippen LogP contribution in [0, 0.1) is 12.8 Å². The summed E-state index contributed by atoms with van der Waals surface area (Å²) in [5, 5.41) is 3.09. The predicted molar refractivity (Wildman–Crippen MR) is 103 cm³/mol. The van der Waals surface area contributed by atoms with Crippen LogP contribution in [0.3, 0.4) is 0 Å². The number of nitrogens with one attached hydrogen (secondary N) is 1. The molecule has 26 heavy (non-hydrogen) atoms. The van der Waals surface area contributed by atoms with E-state index >= 15 is 0 Å². The van der Waals surface area contributed by atoms with E-state index < -0.39 is 0 Å². The molecule has 2 aliphatic rings. The van der Waals surface area contributed by atoms with Gasteiger partial charge in [-0.2, -0.15) is 0 Å². The van der Waals surface area contributed by atoms with Crippen molar-refractivity contribution >= 4 is 11.8 Å². The Morgan fingerprint density at radius 3 is 2.65 bits per heavy atom. The molecule has 2 heterocycles. The van der Waals surface area contributed by atoms with Crippen LogP contribution in [0.5, 0.6) is 0 Å². The Morgan fingerprint density at radius 2 is 1.96 bits per heavy atom. The zero-order valence-corrected chi connectivity index (χ0v) is 16.0. The second-order valence-electron chi connectivity index (χ2n) is 7.49. The summed E-state index contributed by atoms with van der Waals surface area (Å²) in [6.07, 6.45) is 3.87. The van der Waals surface area contributed by atoms with Gasteiger partial charge in [-0.15, -0.1) is 0 Å². The fraction of sp³-hybridized carbons (Fsp3) is 0.619. The molecule has 2 aliphatic heterocycles. The highest BCUT2D eigenvalue weighted by Gasteiger charge is 2.44. The molecule has 0 aromatic heterocycles. The highest BCUT2D eigenvalue weighted by Crippen LogP contribution is 2.39. The van der Waals surface area contributed by atoms with Gasteiger partial charge in [0.15, 0.2) is 0 Å². The summed E-state index contributed by atoms with van der Waals surface area (Å²) in [4.78, 5) is 29.6. The maximum atomic E-state index is 12.8. The normalized spacial score (nSPS) is 23.6. The molecule has 3 rings (SSSR count). The van der Waals surface area contributed by atoms with Gasteiger partial charge in [0.05, 0.1) is 12.0 Å². The van der Waals surface area contributed by atoms with Crippen molar-refractivity contribution in [3.63, 3.8) is 0 Å². The summed E-state index contributed by atoms with van der Waals surface area (Å²) in [5.41, 5.74) is 2.23. The third kappa shape index (κ3) is 4.09. The van der Waals surface area contributed by atoms with Crippen LogP contribution in [0.2, 0.25) is 0 Å². The summed E-state index contributed by atoms with van der Waals surface area (Å²) in [6.45, 7) is 8.78. The summed E-state index contributed by atoms with van der Waals surface area (Å²) < 4.78 is 0. The molecule has 0 radical (unpaired) electrons. The Kier molecular flexibility index (Phi) is 6.30. The fourth-order valence-electron chi connectivity index (χ4n) is 4.35. The van der Waals surface area contributed by atoms with E-state index in [4.69, 9.17) is 0 Å². The van der Waals surface area contributed by atoms with Crippen LogP contribution < -0.4 is 5.32 Å². The van der Waals surface area contributed by atoms with Crippen molar-refractivity contribution in [3.8, 4) is 0 Å². The molecule has 5 heteroatoms. The Labute approximate surface area is 156 Å². The van der Waals surface area contributed by atoms with E-state index in [1.54, 1.807) is 0 Å². The number of likely N-dealkylation sites (tertiary alicyclic amines) is 2. The van der Waals surface area contributed by atoms with E-state index in [1.807, 2.05) is 24.0 Å². The van der Waals surface area contributed by atoms with E-state index in [2.05, 4.69) is 29.3 Å².